The number of carboxylic acids is 1. The number of morpholine rings is 1. The van der Waals surface area contributed by atoms with E-state index in [1.54, 1.807) is 19.4 Å². The molecule has 0 spiro atoms. The van der Waals surface area contributed by atoms with Crippen LogP contribution < -0.4 is 43.2 Å². The number of hydrogen-bond donors (Lipinski definition) is 8. The van der Waals surface area contributed by atoms with Crippen LogP contribution in [0.25, 0.3) is 0 Å². The molecule has 520 valence electrons. The van der Waals surface area contributed by atoms with E-state index in [1.165, 1.54) is 136 Å². The molecule has 4 rings (SSSR count). The third-order valence-electron chi connectivity index (χ3n) is 12.1. The lowest BCUT2D eigenvalue weighted by Crippen LogP contribution is -2.78. The highest BCUT2D eigenvalue weighted by molar-refractivity contribution is 5.69. The first kappa shape index (κ1) is 101. The Hall–Kier alpha value is -3.89. The van der Waals surface area contributed by atoms with E-state index in [4.69, 9.17) is 32.8 Å². The Bertz CT molecular complexity index is 1590. The Kier molecular flexibility index (Phi) is 88.6. The molecule has 2 aromatic rings. The molecule has 20 nitrogen and oxygen atoms in total. The molecule has 1 unspecified atom stereocenters. The first-order valence-electron chi connectivity index (χ1n) is 32.7. The van der Waals surface area contributed by atoms with Gasteiger partial charge in [0, 0.05) is 58.7 Å². The fourth-order valence-corrected chi connectivity index (χ4v) is 6.77. The van der Waals surface area contributed by atoms with Gasteiger partial charge in [-0.3, -0.25) is 42.6 Å². The minimum absolute atomic E-state index is 0. The molecule has 2 aromatic heterocycles. The predicted molar refractivity (Wildman–Crippen MR) is 377 cm³/mol. The number of carbonyl (C=O) groups is 1. The number of nitrogens with zero attached hydrogens (tertiary/aromatic N) is 10. The van der Waals surface area contributed by atoms with Crippen LogP contribution in [0, 0.1) is 5.92 Å². The van der Waals surface area contributed by atoms with Gasteiger partial charge in [-0.1, -0.05) is 123 Å². The van der Waals surface area contributed by atoms with Crippen LogP contribution in [-0.2, 0) is 30.2 Å². The van der Waals surface area contributed by atoms with Gasteiger partial charge >= 0.3 is 17.9 Å². The molecule has 0 aliphatic carbocycles. The lowest BCUT2D eigenvalue weighted by molar-refractivity contribution is -0.870. The molecule has 20 heteroatoms. The maximum Gasteiger partial charge on any atom is 0.338 e. The second-order valence-electron chi connectivity index (χ2n) is 23.7. The van der Waals surface area contributed by atoms with Gasteiger partial charge in [-0.25, -0.2) is 14.1 Å². The molecule has 0 bridgehead atoms. The zero-order valence-electron chi connectivity index (χ0n) is 59.9. The number of unbranched alkanes of at least 4 members (excludes halogenated alkanes) is 5. The van der Waals surface area contributed by atoms with Crippen LogP contribution >= 0.6 is 0 Å². The van der Waals surface area contributed by atoms with E-state index < -0.39 is 5.97 Å². The Morgan fingerprint density at radius 3 is 1.40 bits per heavy atom. The highest BCUT2D eigenvalue weighted by Crippen LogP contribution is 2.04. The molecule has 2 aliphatic heterocycles. The maximum absolute atomic E-state index is 10.4. The quantitative estimate of drug-likeness (QED) is 0.0212. The molecule has 4 heterocycles. The first-order chi connectivity index (χ1) is 39.6. The smallest absolute Gasteiger partial charge is 0.338 e. The predicted octanol–water partition coefficient (Wildman–Crippen LogP) is 5.16. The minimum atomic E-state index is -0.764. The van der Waals surface area contributed by atoms with Crippen LogP contribution in [0.1, 0.15) is 187 Å². The standard InChI is InChI=1S/C9H20N2.C8H15N2.C8H17NO.C7H15N3O2.C7H18N.C6H16N.C6H15N.C4H11N3.C4H6N2.C3H9N.C2H6.2CH4/c1-3-4-5-11-8-6-10(2)7-9-11;1-3-4-5-10-7-6-9(2)8-10;1-2-3-4-9-5-7-10-8-6-9;1-5(6(11)12)3-2-4-10-7(8)9;1-5-6-7-8(2,3)4;1-5-6-7(2,3)4;1-4-5-6-7(2)3;1-2-3-7-4(5)6;1-6-3-2-5-4-6;1-2-3-4;1-2;;/h3-9H2,1-2H3;6-8H,3-5H2,1-2H3;2-8H2,1H3;5H,2-4H2,1H3,(H,11,12)(H4,8,9,10);5-7H2,1-4H3;5-6H2,1-4H3;4-6H2,1-3H3;2-3H2,1H3,(H4,5,6,7);2-4H,1H3;2-4H2,1H3;1-2H3;2*1H4/q;+1;;;2*+1;;;;;;;/p+3. The SMILES string of the molecule is C.C.CC.CC(CCC[NH+]=C(N)N)C(=O)O.CCCCN(C)C.CCCCN1CCN(C)CC1.CCCCN1CCOCC1.CCCC[N+](C)(C)C.CCCCn1cc[n+](C)c1.CCC[N+](C)(C)C.CCC[NH+]=C(N)N.CCC[NH3+].Cn1ccnc1. The number of aryl methyl sites for hydroxylation is 3. The summed E-state index contributed by atoms with van der Waals surface area (Å²) in [5.41, 5.74) is 24.0. The highest BCUT2D eigenvalue weighted by Gasteiger charge is 2.13. The second-order valence-corrected chi connectivity index (χ2v) is 23.7. The number of nitrogens with two attached hydrogens (primary N) is 4. The van der Waals surface area contributed by atoms with Crippen molar-refractivity contribution in [3.05, 3.63) is 37.4 Å². The number of rotatable bonds is 25. The summed E-state index contributed by atoms with van der Waals surface area (Å²) >= 11 is 0. The van der Waals surface area contributed by atoms with Gasteiger partial charge in [0.05, 0.1) is 114 Å². The van der Waals surface area contributed by atoms with Gasteiger partial charge < -0.3 is 43.8 Å². The molecule has 2 fully saturated rings. The molecular weight excluding hydrogens is 1080 g/mol. The molecule has 0 aromatic carbocycles. The van der Waals surface area contributed by atoms with Gasteiger partial charge in [-0.15, -0.1) is 0 Å². The van der Waals surface area contributed by atoms with Crippen molar-refractivity contribution in [1.29, 1.82) is 0 Å². The first-order valence-corrected chi connectivity index (χ1v) is 32.7. The van der Waals surface area contributed by atoms with Crippen LogP contribution in [-0.4, -0.2) is 234 Å². The van der Waals surface area contributed by atoms with Gasteiger partial charge in [0.2, 0.25) is 6.33 Å². The van der Waals surface area contributed by atoms with Gasteiger partial charge in [-0.05, 0) is 105 Å². The summed E-state index contributed by atoms with van der Waals surface area (Å²) in [5, 5.41) is 8.52. The van der Waals surface area contributed by atoms with E-state index in [2.05, 4.69) is 187 Å². The van der Waals surface area contributed by atoms with Gasteiger partial charge in [0.25, 0.3) is 0 Å². The minimum Gasteiger partial charge on any atom is -0.481 e. The molecule has 0 saturated carbocycles. The number of aromatic nitrogens is 4. The largest absolute Gasteiger partial charge is 0.481 e. The topological polar surface area (TPSA) is 246 Å². The molecule has 0 radical (unpaired) electrons. The summed E-state index contributed by atoms with van der Waals surface area (Å²) in [5.74, 6) is -0.578. The number of piperazine rings is 1. The number of hydrogen-bond acceptors (Lipinski definition) is 7. The molecule has 14 N–H and O–H groups in total. The fraction of sp³-hybridized carbons (Fsp3) is 0.864. The molecule has 2 aliphatic rings. The maximum atomic E-state index is 10.4. The van der Waals surface area contributed by atoms with E-state index in [0.29, 0.717) is 18.9 Å². The molecule has 86 heavy (non-hydrogen) atoms. The zero-order valence-corrected chi connectivity index (χ0v) is 59.9. The summed E-state index contributed by atoms with van der Waals surface area (Å²) in [4.78, 5) is 29.3. The number of quaternary nitrogens is 3. The van der Waals surface area contributed by atoms with Crippen molar-refractivity contribution in [1.82, 2.24) is 33.7 Å². The van der Waals surface area contributed by atoms with Gasteiger partial charge in [-0.2, -0.15) is 0 Å². The molecule has 2 saturated heterocycles. The number of carboxylic acid groups (broad SMARTS) is 1. The average molecular weight is 1240 g/mol. The van der Waals surface area contributed by atoms with Crippen molar-refractivity contribution in [3.8, 4) is 0 Å². The van der Waals surface area contributed by atoms with Crippen molar-refractivity contribution in [2.75, 3.05) is 168 Å². The number of guanidine groups is 2. The van der Waals surface area contributed by atoms with E-state index in [-0.39, 0.29) is 26.7 Å². The monoisotopic (exact) mass is 1240 g/mol. The summed E-state index contributed by atoms with van der Waals surface area (Å²) in [6.45, 7) is 42.5. The van der Waals surface area contributed by atoms with Crippen molar-refractivity contribution in [3.63, 3.8) is 0 Å². The van der Waals surface area contributed by atoms with Crippen molar-refractivity contribution in [2.45, 2.75) is 194 Å². The summed E-state index contributed by atoms with van der Waals surface area (Å²) in [6, 6.07) is 0. The molecule has 1 atom stereocenters. The Morgan fingerprint density at radius 2 is 1.12 bits per heavy atom. The van der Waals surface area contributed by atoms with E-state index in [0.717, 1.165) is 67.7 Å². The Morgan fingerprint density at radius 1 is 0.663 bits per heavy atom. The number of nitrogens with one attached hydrogen (secondary N) is 2. The molecule has 0 amide bonds. The summed E-state index contributed by atoms with van der Waals surface area (Å²) in [7, 11) is 23.7. The Balaban J connectivity index is -0.000000110. The van der Waals surface area contributed by atoms with Crippen LogP contribution in [0.5, 0.6) is 0 Å². The normalized spacial score (nSPS) is 12.8. The lowest BCUT2D eigenvalue weighted by atomic mass is 10.1. The van der Waals surface area contributed by atoms with Gasteiger partial charge in [0.1, 0.15) is 12.4 Å². The summed E-state index contributed by atoms with van der Waals surface area (Å²) in [6.07, 6.45) is 29.8. The van der Waals surface area contributed by atoms with E-state index in [1.807, 2.05) is 38.7 Å². The fourth-order valence-electron chi connectivity index (χ4n) is 6.77. The van der Waals surface area contributed by atoms with E-state index >= 15 is 0 Å². The van der Waals surface area contributed by atoms with E-state index in [9.17, 15) is 4.79 Å². The Labute approximate surface area is 535 Å². The van der Waals surface area contributed by atoms with Crippen LogP contribution in [0.3, 0.4) is 0 Å². The highest BCUT2D eigenvalue weighted by atomic mass is 16.5. The molecular formula is C66H159N17O3+6. The number of ether oxygens (including phenoxy) is 1. The van der Waals surface area contributed by atoms with Crippen molar-refractivity contribution >= 4 is 17.9 Å². The second kappa shape index (κ2) is 75.4. The summed E-state index contributed by atoms with van der Waals surface area (Å²) < 4.78 is 13.6. The third-order valence-corrected chi connectivity index (χ3v) is 12.1. The number of aliphatic carboxylic acids is 1. The number of likely N-dealkylation sites (N-methyl/N-ethyl adjacent to an activating group) is 1. The van der Waals surface area contributed by atoms with Crippen LogP contribution in [0.4, 0.5) is 0 Å². The van der Waals surface area contributed by atoms with Gasteiger partial charge in [0.15, 0.2) is 0 Å². The lowest BCUT2D eigenvalue weighted by Gasteiger charge is -2.32. The average Bonchev–Trinajstić information content (AvgIpc) is 4.20. The zero-order chi connectivity index (χ0) is 66.0. The van der Waals surface area contributed by atoms with Crippen LogP contribution in [0.15, 0.2) is 37.4 Å². The van der Waals surface area contributed by atoms with Crippen molar-refractivity contribution < 1.29 is 43.9 Å². The third kappa shape index (κ3) is 99.1. The number of imidazole rings is 2. The van der Waals surface area contributed by atoms with Crippen LogP contribution in [0.2, 0.25) is 0 Å². The van der Waals surface area contributed by atoms with Crippen molar-refractivity contribution in [2.24, 2.45) is 42.9 Å².